The summed E-state index contributed by atoms with van der Waals surface area (Å²) < 4.78 is 0. The van der Waals surface area contributed by atoms with E-state index in [2.05, 4.69) is 44.7 Å². The van der Waals surface area contributed by atoms with Gasteiger partial charge in [0.1, 0.15) is 0 Å². The van der Waals surface area contributed by atoms with Crippen LogP contribution in [0.5, 0.6) is 0 Å². The first-order valence-electron chi connectivity index (χ1n) is 9.14. The minimum Gasteiger partial charge on any atom is -0.350 e. The van der Waals surface area contributed by atoms with Gasteiger partial charge >= 0.3 is 0 Å². The first-order valence-corrected chi connectivity index (χ1v) is 9.14. The second-order valence-corrected chi connectivity index (χ2v) is 6.99. The molecule has 1 N–H and O–H groups in total. The standard InChI is InChI=1S/C22H22N4O/c1-15-7-8-16(2)20(13-15)23-22(27)19-9-10-21(25-24-19)26-12-11-17-5-3-4-6-18(17)14-26/h3-10,13H,11-12,14H2,1-2H3,(H,23,27). The van der Waals surface area contributed by atoms with Gasteiger partial charge in [-0.25, -0.2) is 0 Å². The van der Waals surface area contributed by atoms with E-state index >= 15 is 0 Å². The summed E-state index contributed by atoms with van der Waals surface area (Å²) in [5.41, 5.74) is 5.96. The minimum atomic E-state index is -0.244. The summed E-state index contributed by atoms with van der Waals surface area (Å²) in [6, 6.07) is 18.1. The van der Waals surface area contributed by atoms with Crippen LogP contribution in [0.4, 0.5) is 11.5 Å². The molecular weight excluding hydrogens is 336 g/mol. The van der Waals surface area contributed by atoms with E-state index in [1.807, 2.05) is 38.1 Å². The topological polar surface area (TPSA) is 58.1 Å². The average Bonchev–Trinajstić information content (AvgIpc) is 2.70. The van der Waals surface area contributed by atoms with Crippen molar-refractivity contribution in [2.24, 2.45) is 0 Å². The van der Waals surface area contributed by atoms with Crippen LogP contribution in [0.1, 0.15) is 32.7 Å². The molecule has 0 saturated carbocycles. The molecule has 2 aromatic carbocycles. The molecule has 0 unspecified atom stereocenters. The summed E-state index contributed by atoms with van der Waals surface area (Å²) in [5.74, 6) is 0.555. The van der Waals surface area contributed by atoms with Crippen molar-refractivity contribution in [2.75, 3.05) is 16.8 Å². The van der Waals surface area contributed by atoms with Crippen molar-refractivity contribution in [3.8, 4) is 0 Å². The highest BCUT2D eigenvalue weighted by atomic mass is 16.1. The van der Waals surface area contributed by atoms with Crippen molar-refractivity contribution in [2.45, 2.75) is 26.8 Å². The molecule has 136 valence electrons. The Bertz CT molecular complexity index is 982. The van der Waals surface area contributed by atoms with E-state index in [4.69, 9.17) is 0 Å². The quantitative estimate of drug-likeness (QED) is 0.771. The van der Waals surface area contributed by atoms with Crippen LogP contribution in [0.2, 0.25) is 0 Å². The van der Waals surface area contributed by atoms with Crippen molar-refractivity contribution < 1.29 is 4.79 Å². The fourth-order valence-corrected chi connectivity index (χ4v) is 3.36. The maximum absolute atomic E-state index is 12.5. The van der Waals surface area contributed by atoms with Crippen LogP contribution in [0, 0.1) is 13.8 Å². The number of benzene rings is 2. The Morgan fingerprint density at radius 3 is 2.59 bits per heavy atom. The first kappa shape index (κ1) is 17.2. The number of nitrogens with one attached hydrogen (secondary N) is 1. The zero-order valence-corrected chi connectivity index (χ0v) is 15.6. The lowest BCUT2D eigenvalue weighted by Gasteiger charge is -2.29. The number of hydrogen-bond acceptors (Lipinski definition) is 4. The first-order chi connectivity index (χ1) is 13.1. The van der Waals surface area contributed by atoms with Crippen molar-refractivity contribution in [1.82, 2.24) is 10.2 Å². The number of rotatable bonds is 3. The normalized spacial score (nSPS) is 13.2. The monoisotopic (exact) mass is 358 g/mol. The van der Waals surface area contributed by atoms with Crippen LogP contribution < -0.4 is 10.2 Å². The molecule has 5 nitrogen and oxygen atoms in total. The molecule has 0 radical (unpaired) electrons. The van der Waals surface area contributed by atoms with Gasteiger partial charge in [0.25, 0.3) is 5.91 Å². The highest BCUT2D eigenvalue weighted by molar-refractivity contribution is 6.03. The summed E-state index contributed by atoms with van der Waals surface area (Å²) in [6.07, 6.45) is 0.993. The smallest absolute Gasteiger partial charge is 0.276 e. The Labute approximate surface area is 159 Å². The lowest BCUT2D eigenvalue weighted by molar-refractivity contribution is 0.102. The lowest BCUT2D eigenvalue weighted by atomic mass is 10.00. The molecule has 1 amide bonds. The maximum Gasteiger partial charge on any atom is 0.276 e. The molecule has 0 fully saturated rings. The molecule has 0 bridgehead atoms. The van der Waals surface area contributed by atoms with Gasteiger partial charge in [-0.1, -0.05) is 36.4 Å². The van der Waals surface area contributed by atoms with Crippen molar-refractivity contribution >= 4 is 17.4 Å². The molecule has 27 heavy (non-hydrogen) atoms. The van der Waals surface area contributed by atoms with E-state index in [0.29, 0.717) is 5.69 Å². The van der Waals surface area contributed by atoms with Crippen LogP contribution in [0.25, 0.3) is 0 Å². The number of carbonyl (C=O) groups excluding carboxylic acids is 1. The second-order valence-electron chi connectivity index (χ2n) is 6.99. The van der Waals surface area contributed by atoms with Crippen LogP contribution in [0.3, 0.4) is 0 Å². The number of carbonyl (C=O) groups is 1. The molecule has 0 atom stereocenters. The molecule has 3 aromatic rings. The SMILES string of the molecule is Cc1ccc(C)c(NC(=O)c2ccc(N3CCc4ccccc4C3)nn2)c1. The Kier molecular flexibility index (Phi) is 4.59. The number of aromatic nitrogens is 2. The summed E-state index contributed by atoms with van der Waals surface area (Å²) in [7, 11) is 0. The Balaban J connectivity index is 1.48. The predicted octanol–water partition coefficient (Wildman–Crippen LogP) is 3.91. The summed E-state index contributed by atoms with van der Waals surface area (Å²) in [6.45, 7) is 5.69. The van der Waals surface area contributed by atoms with E-state index in [1.54, 1.807) is 6.07 Å². The number of anilines is 2. The highest BCUT2D eigenvalue weighted by Gasteiger charge is 2.18. The van der Waals surface area contributed by atoms with Gasteiger partial charge in [0.2, 0.25) is 0 Å². The summed E-state index contributed by atoms with van der Waals surface area (Å²) >= 11 is 0. The number of nitrogens with zero attached hydrogens (tertiary/aromatic N) is 3. The molecule has 1 aliphatic rings. The second kappa shape index (κ2) is 7.19. The molecule has 5 heteroatoms. The minimum absolute atomic E-state index is 0.244. The third kappa shape index (κ3) is 3.67. The van der Waals surface area contributed by atoms with Gasteiger partial charge in [-0.15, -0.1) is 10.2 Å². The fraction of sp³-hybridized carbons (Fsp3) is 0.227. The van der Waals surface area contributed by atoms with E-state index < -0.39 is 0 Å². The van der Waals surface area contributed by atoms with Crippen molar-refractivity contribution in [1.29, 1.82) is 0 Å². The molecule has 0 aliphatic carbocycles. The molecule has 1 aromatic heterocycles. The van der Waals surface area contributed by atoms with Gasteiger partial charge in [0.05, 0.1) is 0 Å². The van der Waals surface area contributed by atoms with Gasteiger partial charge < -0.3 is 10.2 Å². The fourth-order valence-electron chi connectivity index (χ4n) is 3.36. The van der Waals surface area contributed by atoms with Crippen LogP contribution in [0.15, 0.2) is 54.6 Å². The third-order valence-electron chi connectivity index (χ3n) is 4.98. The third-order valence-corrected chi connectivity index (χ3v) is 4.98. The Morgan fingerprint density at radius 2 is 1.81 bits per heavy atom. The number of fused-ring (bicyclic) bond motifs is 1. The average molecular weight is 358 g/mol. The van der Waals surface area contributed by atoms with Crippen molar-refractivity contribution in [3.05, 3.63) is 82.5 Å². The van der Waals surface area contributed by atoms with Crippen LogP contribution in [-0.4, -0.2) is 22.6 Å². The van der Waals surface area contributed by atoms with E-state index in [9.17, 15) is 4.79 Å². The summed E-state index contributed by atoms with van der Waals surface area (Å²) in [4.78, 5) is 14.7. The largest absolute Gasteiger partial charge is 0.350 e. The molecule has 1 aliphatic heterocycles. The van der Waals surface area contributed by atoms with Crippen molar-refractivity contribution in [3.63, 3.8) is 0 Å². The number of amides is 1. The highest BCUT2D eigenvalue weighted by Crippen LogP contribution is 2.23. The molecular formula is C22H22N4O. The number of hydrogen-bond donors (Lipinski definition) is 1. The van der Waals surface area contributed by atoms with Gasteiger partial charge in [-0.3, -0.25) is 4.79 Å². The van der Waals surface area contributed by atoms with Gasteiger partial charge in [-0.05, 0) is 60.7 Å². The Morgan fingerprint density at radius 1 is 1.00 bits per heavy atom. The van der Waals surface area contributed by atoms with E-state index in [0.717, 1.165) is 42.1 Å². The van der Waals surface area contributed by atoms with Crippen LogP contribution >= 0.6 is 0 Å². The van der Waals surface area contributed by atoms with Gasteiger partial charge in [-0.2, -0.15) is 0 Å². The molecule has 0 saturated heterocycles. The zero-order valence-electron chi connectivity index (χ0n) is 15.6. The van der Waals surface area contributed by atoms with Gasteiger partial charge in [0.15, 0.2) is 11.5 Å². The van der Waals surface area contributed by atoms with E-state index in [1.165, 1.54) is 11.1 Å². The molecule has 4 rings (SSSR count). The maximum atomic E-state index is 12.5. The summed E-state index contributed by atoms with van der Waals surface area (Å²) in [5, 5.41) is 11.4. The Hall–Kier alpha value is -3.21. The van der Waals surface area contributed by atoms with E-state index in [-0.39, 0.29) is 5.91 Å². The number of aryl methyl sites for hydroxylation is 2. The lowest BCUT2D eigenvalue weighted by Crippen LogP contribution is -2.31. The predicted molar refractivity (Wildman–Crippen MR) is 107 cm³/mol. The van der Waals surface area contributed by atoms with Gasteiger partial charge in [0, 0.05) is 18.8 Å². The molecule has 2 heterocycles. The zero-order chi connectivity index (χ0) is 18.8. The van der Waals surface area contributed by atoms with Crippen LogP contribution in [-0.2, 0) is 13.0 Å². The molecule has 0 spiro atoms.